The SMILES string of the molecule is [2H]c1c(C[C@]2([2H])N([2H])C(=O)OC2([2H])[2H])c([2H])c2c(CC([2H])([2H])N(C([2H])([2H])[2H])C([2H])([2H])[2H])c([2H])n([2H])c2c1[2H]. The lowest BCUT2D eigenvalue weighted by molar-refractivity contribution is 0.177. The molecule has 0 bridgehead atoms. The van der Waals surface area contributed by atoms with Crippen molar-refractivity contribution in [1.82, 2.24) is 15.2 Å². The van der Waals surface area contributed by atoms with Crippen molar-refractivity contribution in [3.63, 3.8) is 0 Å². The molecule has 1 aromatic heterocycles. The number of aryl methyl sites for hydroxylation is 1. The fourth-order valence-corrected chi connectivity index (χ4v) is 1.80. The molecule has 1 amide bonds. The number of benzene rings is 1. The van der Waals surface area contributed by atoms with Gasteiger partial charge in [0.2, 0.25) is 0 Å². The number of hydrogen-bond donors (Lipinski definition) is 2. The summed E-state index contributed by atoms with van der Waals surface area (Å²) in [5.41, 5.74) is -1.67. The van der Waals surface area contributed by atoms with E-state index >= 15 is 0 Å². The average molecular weight is 304 g/mol. The number of aromatic amines is 1. The van der Waals surface area contributed by atoms with Crippen LogP contribution in [0.4, 0.5) is 4.79 Å². The van der Waals surface area contributed by atoms with Crippen LogP contribution in [-0.2, 0) is 17.6 Å². The zero-order valence-electron chi connectivity index (χ0n) is 27.6. The summed E-state index contributed by atoms with van der Waals surface area (Å²) in [6.45, 7) is -13.3. The number of aromatic nitrogens is 1. The molecule has 0 unspecified atom stereocenters. The minimum atomic E-state index is -3.48. The van der Waals surface area contributed by atoms with Gasteiger partial charge in [0.15, 0.2) is 2.82 Å². The molecule has 1 aliphatic heterocycles. The standard InChI is InChI=1S/C16H21N3O2/c1-19(2)6-5-12-9-17-15-4-3-11(8-14(12)15)7-13-10-21-16(20)18-13/h3-4,8-9,13,17H,5-7,10H2,1-2H3,(H,18,20)/t13-/m0/s1/i1D3,2D3,3D,4D,6D2,8D,9D,10D2,13D/hD2. The predicted molar refractivity (Wildman–Crippen MR) is 82.5 cm³/mol. The lowest BCUT2D eigenvalue weighted by Crippen LogP contribution is -2.28. The molecule has 2 aromatic rings. The summed E-state index contributed by atoms with van der Waals surface area (Å²) >= 11 is 0. The van der Waals surface area contributed by atoms with E-state index < -0.39 is 98.3 Å². The third kappa shape index (κ3) is 3.19. The topological polar surface area (TPSA) is 57.4 Å². The fraction of sp³-hybridized carbons (Fsp3) is 0.438. The Morgan fingerprint density at radius 2 is 2.62 bits per heavy atom. The van der Waals surface area contributed by atoms with Gasteiger partial charge in [-0.25, -0.2) is 4.79 Å². The predicted octanol–water partition coefficient (Wildman–Crippen LogP) is 1.92. The molecular weight excluding hydrogens is 266 g/mol. The molecule has 0 radical (unpaired) electrons. The van der Waals surface area contributed by atoms with E-state index in [1.807, 2.05) is 0 Å². The van der Waals surface area contributed by atoms with Crippen LogP contribution in [0.2, 0.25) is 2.82 Å². The van der Waals surface area contributed by atoms with Crippen LogP contribution in [0.5, 0.6) is 0 Å². The molecule has 0 saturated carbocycles. The van der Waals surface area contributed by atoms with Gasteiger partial charge >= 0.3 is 6.09 Å². The first kappa shape index (κ1) is 4.26. The van der Waals surface area contributed by atoms with Crippen molar-refractivity contribution < 1.29 is 32.9 Å². The van der Waals surface area contributed by atoms with Crippen molar-refractivity contribution in [1.29, 1.82) is 0 Å². The number of cyclic esters (lactones) is 1. The number of nitrogens with one attached hydrogen (secondary N) is 2. The van der Waals surface area contributed by atoms with Crippen LogP contribution in [-0.4, -0.2) is 49.0 Å². The molecule has 112 valence electrons. The minimum Gasteiger partial charge on any atom is -0.447 e. The molecule has 1 aliphatic rings. The molecule has 2 heterocycles. The number of amides is 1. The Balaban J connectivity index is 2.29. The van der Waals surface area contributed by atoms with Gasteiger partial charge in [-0.15, -0.1) is 0 Å². The van der Waals surface area contributed by atoms with E-state index in [4.69, 9.17) is 23.4 Å². The summed E-state index contributed by atoms with van der Waals surface area (Å²) in [6.07, 6.45) is -4.56. The highest BCUT2D eigenvalue weighted by molar-refractivity contribution is 5.84. The number of H-pyrrole nitrogens is 1. The molecule has 21 heavy (non-hydrogen) atoms. The molecule has 2 N–H and O–H groups in total. The van der Waals surface area contributed by atoms with Crippen LogP contribution in [0.1, 0.15) is 31.7 Å². The van der Waals surface area contributed by atoms with Crippen LogP contribution in [0.3, 0.4) is 0 Å². The quantitative estimate of drug-likeness (QED) is 0.887. The Hall–Kier alpha value is -2.01. The van der Waals surface area contributed by atoms with E-state index in [1.165, 1.54) is 0 Å². The van der Waals surface area contributed by atoms with E-state index in [1.54, 1.807) is 0 Å². The van der Waals surface area contributed by atoms with Crippen molar-refractivity contribution in [3.05, 3.63) is 35.4 Å². The van der Waals surface area contributed by atoms with Crippen molar-refractivity contribution in [2.24, 2.45) is 0 Å². The van der Waals surface area contributed by atoms with Crippen LogP contribution in [0, 0.1) is 0 Å². The van der Waals surface area contributed by atoms with Gasteiger partial charge in [-0.05, 0) is 50.0 Å². The molecule has 1 atom stereocenters. The molecule has 5 heteroatoms. The largest absolute Gasteiger partial charge is 0.447 e. The second-order valence-corrected chi connectivity index (χ2v) is 4.15. The Kier molecular flexibility index (Phi) is 1.17. The van der Waals surface area contributed by atoms with E-state index in [0.29, 0.717) is 0 Å². The number of likely N-dealkylation sites (N-methyl/N-ethyl adjacent to an activating group) is 1. The van der Waals surface area contributed by atoms with Crippen molar-refractivity contribution in [2.75, 3.05) is 27.0 Å². The molecule has 0 aliphatic carbocycles. The molecule has 5 nitrogen and oxygen atoms in total. The maximum atomic E-state index is 11.8. The first-order valence-electron chi connectivity index (χ1n) is 14.2. The monoisotopic (exact) mass is 304 g/mol. The van der Waals surface area contributed by atoms with Crippen LogP contribution in [0.25, 0.3) is 10.9 Å². The molecule has 1 fully saturated rings. The first-order chi connectivity index (χ1) is 16.9. The van der Waals surface area contributed by atoms with Crippen molar-refractivity contribution in [3.8, 4) is 0 Å². The van der Waals surface area contributed by atoms with Gasteiger partial charge in [-0.3, -0.25) is 0 Å². The highest BCUT2D eigenvalue weighted by Crippen LogP contribution is 2.21. The van der Waals surface area contributed by atoms with Crippen molar-refractivity contribution in [2.45, 2.75) is 18.9 Å². The maximum Gasteiger partial charge on any atom is 0.407 e. The summed E-state index contributed by atoms with van der Waals surface area (Å²) in [5.74, 6) is 0. The Labute approximate surface area is 148 Å². The van der Waals surface area contributed by atoms with Crippen LogP contribution in [0.15, 0.2) is 24.3 Å². The highest BCUT2D eigenvalue weighted by Gasteiger charge is 2.22. The minimum absolute atomic E-state index is 0.143. The zero-order valence-corrected chi connectivity index (χ0v) is 10.6. The fourth-order valence-electron chi connectivity index (χ4n) is 1.80. The Bertz CT molecular complexity index is 1290. The van der Waals surface area contributed by atoms with E-state index in [9.17, 15) is 4.79 Å². The van der Waals surface area contributed by atoms with Gasteiger partial charge in [0.25, 0.3) is 0 Å². The summed E-state index contributed by atoms with van der Waals surface area (Å²) in [4.78, 5) is 11.7. The number of carbonyl (C=O) groups is 1. The highest BCUT2D eigenvalue weighted by atomic mass is 16.6. The van der Waals surface area contributed by atoms with E-state index in [2.05, 4.69) is 4.74 Å². The van der Waals surface area contributed by atoms with Gasteiger partial charge in [0.05, 0.1) is 15.6 Å². The number of alkyl carbamates (subject to hydrolysis) is 1. The summed E-state index contributed by atoms with van der Waals surface area (Å²) in [6, 6.07) is -5.21. The third-order valence-corrected chi connectivity index (χ3v) is 2.69. The Morgan fingerprint density at radius 3 is 3.38 bits per heavy atom. The average Bonchev–Trinajstić information content (AvgIpc) is 3.03. The van der Waals surface area contributed by atoms with Gasteiger partial charge in [0.1, 0.15) is 6.56 Å². The number of hydrogen-bond acceptors (Lipinski definition) is 3. The lowest BCUT2D eigenvalue weighted by atomic mass is 10.0. The van der Waals surface area contributed by atoms with Gasteiger partial charge in [-0.1, -0.05) is 6.04 Å². The van der Waals surface area contributed by atoms with Crippen molar-refractivity contribution >= 4 is 17.0 Å². The van der Waals surface area contributed by atoms with Gasteiger partial charge in [0, 0.05) is 34.5 Å². The second-order valence-electron chi connectivity index (χ2n) is 4.15. The molecule has 1 saturated heterocycles. The zero-order chi connectivity index (χ0) is 29.5. The number of nitrogens with zero attached hydrogens (tertiary/aromatic N) is 1. The molecular formula is C16H21N3O2. The molecule has 3 rings (SSSR count). The van der Waals surface area contributed by atoms with Crippen LogP contribution < -0.4 is 5.31 Å². The van der Waals surface area contributed by atoms with E-state index in [-0.39, 0.29) is 15.2 Å². The van der Waals surface area contributed by atoms with E-state index in [0.717, 1.165) is 0 Å². The molecule has 1 aromatic carbocycles. The number of rotatable bonds is 5. The van der Waals surface area contributed by atoms with Gasteiger partial charge in [-0.2, -0.15) is 0 Å². The maximum absolute atomic E-state index is 11.8. The smallest absolute Gasteiger partial charge is 0.407 e. The number of ether oxygens (including phenoxy) is 1. The summed E-state index contributed by atoms with van der Waals surface area (Å²) < 4.78 is 139. The number of carbonyl (C=O) groups excluding carboxylic acids is 1. The lowest BCUT2D eigenvalue weighted by Gasteiger charge is -2.09. The first-order valence-corrected chi connectivity index (χ1v) is 5.84. The normalized spacial score (nSPS) is 38.2. The summed E-state index contributed by atoms with van der Waals surface area (Å²) in [5, 5.41) is -0.651. The number of fused-ring (bicyclic) bond motifs is 1. The third-order valence-electron chi connectivity index (χ3n) is 2.69. The molecule has 0 spiro atoms. The Morgan fingerprint density at radius 1 is 1.71 bits per heavy atom. The van der Waals surface area contributed by atoms with Crippen LogP contribution >= 0.6 is 0 Å². The van der Waals surface area contributed by atoms with Gasteiger partial charge < -0.3 is 19.9 Å². The second kappa shape index (κ2) is 5.77. The summed E-state index contributed by atoms with van der Waals surface area (Å²) in [7, 11) is 0.